The van der Waals surface area contributed by atoms with E-state index in [0.29, 0.717) is 18.9 Å². The minimum Gasteiger partial charge on any atom is -0.390 e. The van der Waals surface area contributed by atoms with E-state index in [0.717, 1.165) is 5.56 Å². The Labute approximate surface area is 115 Å². The molecule has 0 saturated heterocycles. The summed E-state index contributed by atoms with van der Waals surface area (Å²) in [7, 11) is 1.90. The number of aliphatic hydroxyl groups is 1. The van der Waals surface area contributed by atoms with Crippen LogP contribution in [0.15, 0.2) is 12.4 Å². The summed E-state index contributed by atoms with van der Waals surface area (Å²) in [6, 6.07) is 0. The van der Waals surface area contributed by atoms with E-state index in [1.807, 2.05) is 26.4 Å². The Morgan fingerprint density at radius 2 is 2.16 bits per heavy atom. The van der Waals surface area contributed by atoms with Crippen LogP contribution in [0, 0.1) is 5.92 Å². The van der Waals surface area contributed by atoms with Gasteiger partial charge < -0.3 is 9.84 Å². The molecule has 1 aromatic heterocycles. The van der Waals surface area contributed by atoms with E-state index < -0.39 is 6.10 Å². The molecule has 2 atom stereocenters. The van der Waals surface area contributed by atoms with Gasteiger partial charge in [0.25, 0.3) is 0 Å². The summed E-state index contributed by atoms with van der Waals surface area (Å²) in [5.74, 6) is 0.514. The lowest BCUT2D eigenvalue weighted by Gasteiger charge is -2.33. The van der Waals surface area contributed by atoms with Crippen LogP contribution < -0.4 is 0 Å². The van der Waals surface area contributed by atoms with Crippen LogP contribution in [0.3, 0.4) is 0 Å². The van der Waals surface area contributed by atoms with Gasteiger partial charge in [-0.05, 0) is 31.2 Å². The van der Waals surface area contributed by atoms with Crippen LogP contribution in [-0.4, -0.2) is 33.7 Å². The molecule has 0 aliphatic heterocycles. The average molecular weight is 266 g/mol. The smallest absolute Gasteiger partial charge is 0.0865 e. The molecule has 0 spiro atoms. The third kappa shape index (κ3) is 4.05. The molecular weight excluding hydrogens is 240 g/mol. The molecular formula is C15H26N2O2. The topological polar surface area (TPSA) is 47.3 Å². The first-order chi connectivity index (χ1) is 9.20. The Hall–Kier alpha value is -0.870. The number of aliphatic hydroxyl groups excluding tert-OH is 1. The lowest BCUT2D eigenvalue weighted by atomic mass is 9.82. The molecule has 1 heterocycles. The Balaban J connectivity index is 1.96. The molecule has 2 unspecified atom stereocenters. The van der Waals surface area contributed by atoms with E-state index in [9.17, 15) is 5.11 Å². The summed E-state index contributed by atoms with van der Waals surface area (Å²) < 4.78 is 7.62. The molecule has 0 bridgehead atoms. The van der Waals surface area contributed by atoms with E-state index in [1.165, 1.54) is 32.1 Å². The van der Waals surface area contributed by atoms with Gasteiger partial charge in [-0.3, -0.25) is 4.68 Å². The fraction of sp³-hybridized carbons (Fsp3) is 0.800. The van der Waals surface area contributed by atoms with Crippen LogP contribution in [0.1, 0.15) is 44.6 Å². The molecule has 1 aliphatic carbocycles. The molecule has 1 fully saturated rings. The first-order valence-corrected chi connectivity index (χ1v) is 7.48. The Morgan fingerprint density at radius 1 is 1.42 bits per heavy atom. The molecule has 0 amide bonds. The van der Waals surface area contributed by atoms with Crippen molar-refractivity contribution in [3.8, 4) is 0 Å². The van der Waals surface area contributed by atoms with Gasteiger partial charge >= 0.3 is 0 Å². The third-order valence-corrected chi connectivity index (χ3v) is 4.06. The van der Waals surface area contributed by atoms with Gasteiger partial charge in [0, 0.05) is 26.3 Å². The molecule has 4 nitrogen and oxygen atoms in total. The number of nitrogens with zero attached hydrogens (tertiary/aromatic N) is 2. The van der Waals surface area contributed by atoms with Crippen LogP contribution in [0.25, 0.3) is 0 Å². The number of aryl methyl sites for hydroxylation is 1. The van der Waals surface area contributed by atoms with Crippen molar-refractivity contribution >= 4 is 0 Å². The van der Waals surface area contributed by atoms with Crippen molar-refractivity contribution in [1.82, 2.24) is 9.78 Å². The minimum atomic E-state index is -0.424. The fourth-order valence-corrected chi connectivity index (χ4v) is 3.15. The summed E-state index contributed by atoms with van der Waals surface area (Å²) in [5.41, 5.74) is 1.08. The molecule has 19 heavy (non-hydrogen) atoms. The maximum absolute atomic E-state index is 10.5. The summed E-state index contributed by atoms with van der Waals surface area (Å²) in [6.45, 7) is 2.68. The van der Waals surface area contributed by atoms with Crippen molar-refractivity contribution in [3.63, 3.8) is 0 Å². The van der Waals surface area contributed by atoms with Gasteiger partial charge in [0.2, 0.25) is 0 Å². The summed E-state index contributed by atoms with van der Waals surface area (Å²) in [4.78, 5) is 0. The molecule has 2 rings (SSSR count). The van der Waals surface area contributed by atoms with Gasteiger partial charge in [-0.1, -0.05) is 19.3 Å². The first kappa shape index (κ1) is 14.5. The zero-order chi connectivity index (χ0) is 13.7. The van der Waals surface area contributed by atoms with Crippen LogP contribution in [-0.2, 0) is 18.2 Å². The second kappa shape index (κ2) is 7.06. The molecule has 108 valence electrons. The highest BCUT2D eigenvalue weighted by molar-refractivity contribution is 5.06. The molecule has 1 aliphatic rings. The minimum absolute atomic E-state index is 0.0227. The van der Waals surface area contributed by atoms with Gasteiger partial charge in [0.05, 0.1) is 18.4 Å². The van der Waals surface area contributed by atoms with Crippen molar-refractivity contribution in [3.05, 3.63) is 18.0 Å². The van der Waals surface area contributed by atoms with Crippen molar-refractivity contribution in [2.24, 2.45) is 13.0 Å². The number of ether oxygens (including phenoxy) is 1. The van der Waals surface area contributed by atoms with Crippen LogP contribution in [0.4, 0.5) is 0 Å². The summed E-state index contributed by atoms with van der Waals surface area (Å²) in [5, 5.41) is 14.6. The van der Waals surface area contributed by atoms with E-state index in [2.05, 4.69) is 5.10 Å². The lowest BCUT2D eigenvalue weighted by molar-refractivity contribution is -0.0715. The van der Waals surface area contributed by atoms with Crippen molar-refractivity contribution in [2.45, 2.75) is 57.7 Å². The number of hydrogen-bond donors (Lipinski definition) is 1. The largest absolute Gasteiger partial charge is 0.390 e. The Morgan fingerprint density at radius 3 is 2.74 bits per heavy atom. The van der Waals surface area contributed by atoms with Gasteiger partial charge in [-0.2, -0.15) is 5.10 Å². The molecule has 0 aromatic carbocycles. The van der Waals surface area contributed by atoms with Crippen LogP contribution >= 0.6 is 0 Å². The Kier molecular flexibility index (Phi) is 5.40. The summed E-state index contributed by atoms with van der Waals surface area (Å²) in [6.07, 6.45) is 10.2. The summed E-state index contributed by atoms with van der Waals surface area (Å²) >= 11 is 0. The van der Waals surface area contributed by atoms with Gasteiger partial charge in [0.1, 0.15) is 0 Å². The van der Waals surface area contributed by atoms with Gasteiger partial charge in [-0.15, -0.1) is 0 Å². The predicted octanol–water partition coefficient (Wildman–Crippen LogP) is 2.31. The van der Waals surface area contributed by atoms with Crippen LogP contribution in [0.5, 0.6) is 0 Å². The predicted molar refractivity (Wildman–Crippen MR) is 74.9 cm³/mol. The second-order valence-electron chi connectivity index (χ2n) is 5.61. The third-order valence-electron chi connectivity index (χ3n) is 4.06. The zero-order valence-electron chi connectivity index (χ0n) is 12.1. The highest BCUT2D eigenvalue weighted by atomic mass is 16.5. The molecule has 4 heteroatoms. The quantitative estimate of drug-likeness (QED) is 0.859. The molecule has 0 radical (unpaired) electrons. The first-order valence-electron chi connectivity index (χ1n) is 7.48. The van der Waals surface area contributed by atoms with Gasteiger partial charge in [0.15, 0.2) is 0 Å². The molecule has 1 N–H and O–H groups in total. The maximum Gasteiger partial charge on any atom is 0.0865 e. The van der Waals surface area contributed by atoms with Gasteiger partial charge in [-0.25, -0.2) is 0 Å². The highest BCUT2D eigenvalue weighted by Crippen LogP contribution is 2.30. The van der Waals surface area contributed by atoms with Crippen molar-refractivity contribution < 1.29 is 9.84 Å². The van der Waals surface area contributed by atoms with E-state index in [4.69, 9.17) is 4.74 Å². The molecule has 1 saturated carbocycles. The van der Waals surface area contributed by atoms with E-state index >= 15 is 0 Å². The normalized spacial score (nSPS) is 20.4. The van der Waals surface area contributed by atoms with E-state index in [1.54, 1.807) is 4.68 Å². The standard InChI is InChI=1S/C15H26N2O2/c1-3-19-15(13-7-5-4-6-8-13)14(18)9-12-10-16-17(2)11-12/h10-11,13-15,18H,3-9H2,1-2H3. The van der Waals surface area contributed by atoms with Crippen LogP contribution in [0.2, 0.25) is 0 Å². The lowest BCUT2D eigenvalue weighted by Crippen LogP contribution is -2.38. The highest BCUT2D eigenvalue weighted by Gasteiger charge is 2.30. The number of aromatic nitrogens is 2. The number of hydrogen-bond acceptors (Lipinski definition) is 3. The zero-order valence-corrected chi connectivity index (χ0v) is 12.1. The fourth-order valence-electron chi connectivity index (χ4n) is 3.15. The monoisotopic (exact) mass is 266 g/mol. The number of rotatable bonds is 6. The van der Waals surface area contributed by atoms with Crippen molar-refractivity contribution in [1.29, 1.82) is 0 Å². The maximum atomic E-state index is 10.5. The average Bonchev–Trinajstić information content (AvgIpc) is 2.82. The Bertz CT molecular complexity index is 372. The van der Waals surface area contributed by atoms with E-state index in [-0.39, 0.29) is 6.10 Å². The second-order valence-corrected chi connectivity index (χ2v) is 5.61. The molecule has 1 aromatic rings. The van der Waals surface area contributed by atoms with Crippen molar-refractivity contribution in [2.75, 3.05) is 6.61 Å². The SMILES string of the molecule is CCOC(C(O)Cc1cnn(C)c1)C1CCCCC1.